The lowest BCUT2D eigenvalue weighted by Gasteiger charge is -2.08. The van der Waals surface area contributed by atoms with E-state index in [0.717, 1.165) is 0 Å². The van der Waals surface area contributed by atoms with Crippen LogP contribution in [0, 0.1) is 0 Å². The second-order valence-corrected chi connectivity index (χ2v) is 5.73. The number of aromatic nitrogens is 2. The van der Waals surface area contributed by atoms with Gasteiger partial charge >= 0.3 is 6.09 Å². The fourth-order valence-electron chi connectivity index (χ4n) is 1.67. The standard InChI is InChI=1S/C12H13N5O4S/c1-21-12(18)17-10-5-7(2-3-15-10)8-4-9(22(14,19)20)11(13)16-6-8/h2-6H,1H3,(H2,13,16)(H2,14,19,20)(H,15,17,18). The Hall–Kier alpha value is -2.72. The molecule has 0 fully saturated rings. The zero-order valence-corrected chi connectivity index (χ0v) is 12.3. The molecule has 0 aliphatic rings. The number of carbonyl (C=O) groups is 1. The Morgan fingerprint density at radius 2 is 2.00 bits per heavy atom. The van der Waals surface area contributed by atoms with Crippen LogP contribution in [-0.2, 0) is 14.8 Å². The summed E-state index contributed by atoms with van der Waals surface area (Å²) >= 11 is 0. The van der Waals surface area contributed by atoms with Gasteiger partial charge in [-0.25, -0.2) is 28.3 Å². The highest BCUT2D eigenvalue weighted by Crippen LogP contribution is 2.25. The fraction of sp³-hybridized carbons (Fsp3) is 0.0833. The minimum atomic E-state index is -3.99. The molecule has 0 radical (unpaired) electrons. The molecule has 0 atom stereocenters. The maximum Gasteiger partial charge on any atom is 0.412 e. The molecule has 1 amide bonds. The van der Waals surface area contributed by atoms with Crippen molar-refractivity contribution in [3.05, 3.63) is 30.6 Å². The number of ether oxygens (including phenoxy) is 1. The molecule has 2 rings (SSSR count). The average molecular weight is 323 g/mol. The van der Waals surface area contributed by atoms with E-state index in [2.05, 4.69) is 20.0 Å². The van der Waals surface area contributed by atoms with Crippen LogP contribution in [0.3, 0.4) is 0 Å². The van der Waals surface area contributed by atoms with E-state index in [-0.39, 0.29) is 16.5 Å². The number of anilines is 2. The third kappa shape index (κ3) is 3.48. The normalized spacial score (nSPS) is 11.0. The van der Waals surface area contributed by atoms with E-state index >= 15 is 0 Å². The predicted octanol–water partition coefficient (Wildman–Crippen LogP) is 0.551. The number of hydrogen-bond acceptors (Lipinski definition) is 7. The number of pyridine rings is 2. The summed E-state index contributed by atoms with van der Waals surface area (Å²) in [6, 6.07) is 4.44. The van der Waals surface area contributed by atoms with E-state index in [1.165, 1.54) is 31.6 Å². The van der Waals surface area contributed by atoms with Crippen LogP contribution >= 0.6 is 0 Å². The maximum atomic E-state index is 11.5. The van der Waals surface area contributed by atoms with Crippen molar-refractivity contribution in [2.24, 2.45) is 5.14 Å². The maximum absolute atomic E-state index is 11.5. The van der Waals surface area contributed by atoms with Crippen molar-refractivity contribution >= 4 is 27.8 Å². The number of nitrogens with two attached hydrogens (primary N) is 2. The Labute approximate surface area is 126 Å². The number of amides is 1. The summed E-state index contributed by atoms with van der Waals surface area (Å²) in [6.45, 7) is 0. The highest BCUT2D eigenvalue weighted by atomic mass is 32.2. The van der Waals surface area contributed by atoms with Gasteiger partial charge in [-0.05, 0) is 23.8 Å². The Morgan fingerprint density at radius 3 is 2.64 bits per heavy atom. The first-order valence-corrected chi connectivity index (χ1v) is 7.45. The van der Waals surface area contributed by atoms with Crippen molar-refractivity contribution < 1.29 is 17.9 Å². The number of nitrogens with one attached hydrogen (secondary N) is 1. The van der Waals surface area contributed by atoms with E-state index in [1.807, 2.05) is 0 Å². The molecule has 9 nitrogen and oxygen atoms in total. The Kier molecular flexibility index (Phi) is 4.24. The molecular formula is C12H13N5O4S. The lowest BCUT2D eigenvalue weighted by molar-refractivity contribution is 0.187. The summed E-state index contributed by atoms with van der Waals surface area (Å²) in [6.07, 6.45) is 2.15. The summed E-state index contributed by atoms with van der Waals surface area (Å²) in [5.41, 5.74) is 6.53. The SMILES string of the molecule is COC(=O)Nc1cc(-c2cnc(N)c(S(N)(=O)=O)c2)ccn1. The van der Waals surface area contributed by atoms with Crippen molar-refractivity contribution in [3.63, 3.8) is 0 Å². The van der Waals surface area contributed by atoms with E-state index in [1.54, 1.807) is 6.07 Å². The van der Waals surface area contributed by atoms with Gasteiger partial charge in [0, 0.05) is 18.0 Å². The van der Waals surface area contributed by atoms with Crippen LogP contribution in [0.25, 0.3) is 11.1 Å². The molecular weight excluding hydrogens is 310 g/mol. The van der Waals surface area contributed by atoms with Gasteiger partial charge in [0.25, 0.3) is 0 Å². The molecule has 116 valence electrons. The summed E-state index contributed by atoms with van der Waals surface area (Å²) in [4.78, 5) is 18.6. The number of nitrogen functional groups attached to an aromatic ring is 1. The van der Waals surface area contributed by atoms with Crippen LogP contribution < -0.4 is 16.2 Å². The summed E-state index contributed by atoms with van der Waals surface area (Å²) in [5.74, 6) is 0.0477. The second-order valence-electron chi connectivity index (χ2n) is 4.20. The van der Waals surface area contributed by atoms with Gasteiger partial charge in [0.2, 0.25) is 10.0 Å². The van der Waals surface area contributed by atoms with Gasteiger partial charge in [-0.1, -0.05) is 0 Å². The number of primary sulfonamides is 1. The first-order chi connectivity index (χ1) is 10.3. The molecule has 2 aromatic heterocycles. The average Bonchev–Trinajstić information content (AvgIpc) is 2.46. The number of hydrogen-bond donors (Lipinski definition) is 3. The molecule has 2 heterocycles. The topological polar surface area (TPSA) is 150 Å². The monoisotopic (exact) mass is 323 g/mol. The van der Waals surface area contributed by atoms with Gasteiger partial charge in [0.05, 0.1) is 7.11 Å². The van der Waals surface area contributed by atoms with Gasteiger partial charge in [0.1, 0.15) is 16.5 Å². The van der Waals surface area contributed by atoms with Crippen LogP contribution in [-0.4, -0.2) is 31.6 Å². The Balaban J connectivity index is 2.45. The molecule has 0 aliphatic heterocycles. The van der Waals surface area contributed by atoms with Crippen molar-refractivity contribution in [3.8, 4) is 11.1 Å². The van der Waals surface area contributed by atoms with Gasteiger partial charge in [-0.2, -0.15) is 0 Å². The molecule has 22 heavy (non-hydrogen) atoms. The Morgan fingerprint density at radius 1 is 1.27 bits per heavy atom. The van der Waals surface area contributed by atoms with E-state index in [4.69, 9.17) is 10.9 Å². The molecule has 0 bridgehead atoms. The number of nitrogens with zero attached hydrogens (tertiary/aromatic N) is 2. The second kappa shape index (κ2) is 5.95. The zero-order chi connectivity index (χ0) is 16.3. The smallest absolute Gasteiger partial charge is 0.412 e. The number of carbonyl (C=O) groups excluding carboxylic acids is 1. The van der Waals surface area contributed by atoms with Crippen molar-refractivity contribution in [2.75, 3.05) is 18.2 Å². The number of rotatable bonds is 3. The quantitative estimate of drug-likeness (QED) is 0.746. The fourth-order valence-corrected chi connectivity index (χ4v) is 2.31. The highest BCUT2D eigenvalue weighted by molar-refractivity contribution is 7.89. The third-order valence-corrected chi connectivity index (χ3v) is 3.64. The highest BCUT2D eigenvalue weighted by Gasteiger charge is 2.15. The van der Waals surface area contributed by atoms with Crippen LogP contribution in [0.5, 0.6) is 0 Å². The summed E-state index contributed by atoms with van der Waals surface area (Å²) in [7, 11) is -2.77. The molecule has 0 spiro atoms. The van der Waals surface area contributed by atoms with E-state index in [0.29, 0.717) is 11.1 Å². The van der Waals surface area contributed by atoms with Crippen LogP contribution in [0.4, 0.5) is 16.4 Å². The van der Waals surface area contributed by atoms with Crippen LogP contribution in [0.2, 0.25) is 0 Å². The lowest BCUT2D eigenvalue weighted by Crippen LogP contribution is -2.15. The number of sulfonamides is 1. The summed E-state index contributed by atoms with van der Waals surface area (Å²) in [5, 5.41) is 7.48. The van der Waals surface area contributed by atoms with Gasteiger partial charge in [-0.15, -0.1) is 0 Å². The van der Waals surface area contributed by atoms with Gasteiger partial charge in [-0.3, -0.25) is 5.32 Å². The molecule has 0 aliphatic carbocycles. The molecule has 10 heteroatoms. The lowest BCUT2D eigenvalue weighted by atomic mass is 10.1. The van der Waals surface area contributed by atoms with Gasteiger partial charge < -0.3 is 10.5 Å². The van der Waals surface area contributed by atoms with Crippen molar-refractivity contribution in [2.45, 2.75) is 4.90 Å². The van der Waals surface area contributed by atoms with Crippen molar-refractivity contribution in [1.82, 2.24) is 9.97 Å². The molecule has 0 saturated carbocycles. The number of methoxy groups -OCH3 is 1. The minimum absolute atomic E-state index is 0.187. The third-order valence-electron chi connectivity index (χ3n) is 2.70. The van der Waals surface area contributed by atoms with Crippen molar-refractivity contribution in [1.29, 1.82) is 0 Å². The van der Waals surface area contributed by atoms with Crippen LogP contribution in [0.1, 0.15) is 0 Å². The van der Waals surface area contributed by atoms with Gasteiger partial charge in [0.15, 0.2) is 0 Å². The Bertz CT molecular complexity index is 822. The molecule has 0 unspecified atom stereocenters. The predicted molar refractivity (Wildman–Crippen MR) is 79.3 cm³/mol. The first kappa shape index (κ1) is 15.7. The first-order valence-electron chi connectivity index (χ1n) is 5.91. The largest absolute Gasteiger partial charge is 0.453 e. The molecule has 0 aromatic carbocycles. The molecule has 2 aromatic rings. The van der Waals surface area contributed by atoms with Crippen LogP contribution in [0.15, 0.2) is 35.5 Å². The summed E-state index contributed by atoms with van der Waals surface area (Å²) < 4.78 is 27.4. The zero-order valence-electron chi connectivity index (χ0n) is 11.5. The molecule has 0 saturated heterocycles. The minimum Gasteiger partial charge on any atom is -0.453 e. The molecule has 5 N–H and O–H groups in total. The van der Waals surface area contributed by atoms with E-state index < -0.39 is 16.1 Å². The van der Waals surface area contributed by atoms with E-state index in [9.17, 15) is 13.2 Å².